The molecule has 0 bridgehead atoms. The van der Waals surface area contributed by atoms with Gasteiger partial charge in [0.15, 0.2) is 0 Å². The molecule has 204 valence electrons. The smallest absolute Gasteiger partial charge is 0.387 e. The summed E-state index contributed by atoms with van der Waals surface area (Å²) in [6.07, 6.45) is -0.283. The van der Waals surface area contributed by atoms with Gasteiger partial charge in [0.25, 0.3) is 0 Å². The Balaban J connectivity index is 1.41. The summed E-state index contributed by atoms with van der Waals surface area (Å²) in [7, 11) is -2.16. The number of ether oxygens (including phenoxy) is 3. The van der Waals surface area contributed by atoms with Crippen LogP contribution in [-0.4, -0.2) is 64.1 Å². The molecule has 1 atom stereocenters. The SMILES string of the molecule is COc1cccc(C(CN2CCN(S(=O)(=O)c3ccc(OC(F)F)cc3)CC2)OCc2cccc(Cl)c2)c1. The number of hydrogen-bond acceptors (Lipinski definition) is 6. The Labute approximate surface area is 226 Å². The number of nitrogens with zero attached hydrogens (tertiary/aromatic N) is 2. The summed E-state index contributed by atoms with van der Waals surface area (Å²) in [6, 6.07) is 20.2. The fraction of sp³-hybridized carbons (Fsp3) is 0.333. The Morgan fingerprint density at radius 2 is 1.63 bits per heavy atom. The Morgan fingerprint density at radius 3 is 2.29 bits per heavy atom. The molecule has 1 aliphatic rings. The van der Waals surface area contributed by atoms with Crippen LogP contribution in [0.2, 0.25) is 5.02 Å². The highest BCUT2D eigenvalue weighted by Crippen LogP contribution is 2.27. The maximum atomic E-state index is 13.1. The van der Waals surface area contributed by atoms with E-state index in [0.29, 0.717) is 31.3 Å². The quantitative estimate of drug-likeness (QED) is 0.317. The maximum absolute atomic E-state index is 13.1. The van der Waals surface area contributed by atoms with E-state index in [-0.39, 0.29) is 29.8 Å². The van der Waals surface area contributed by atoms with E-state index in [0.717, 1.165) is 16.9 Å². The van der Waals surface area contributed by atoms with Gasteiger partial charge in [-0.2, -0.15) is 13.1 Å². The lowest BCUT2D eigenvalue weighted by Gasteiger charge is -2.36. The van der Waals surface area contributed by atoms with Crippen molar-refractivity contribution in [3.63, 3.8) is 0 Å². The average molecular weight is 567 g/mol. The van der Waals surface area contributed by atoms with Crippen molar-refractivity contribution in [2.45, 2.75) is 24.2 Å². The highest BCUT2D eigenvalue weighted by Gasteiger charge is 2.30. The van der Waals surface area contributed by atoms with Crippen molar-refractivity contribution in [2.75, 3.05) is 39.8 Å². The zero-order chi connectivity index (χ0) is 27.1. The maximum Gasteiger partial charge on any atom is 0.387 e. The third-order valence-electron chi connectivity index (χ3n) is 6.25. The van der Waals surface area contributed by atoms with Crippen molar-refractivity contribution in [2.24, 2.45) is 0 Å². The first-order valence-electron chi connectivity index (χ1n) is 12.0. The van der Waals surface area contributed by atoms with Gasteiger partial charge in [-0.05, 0) is 59.7 Å². The van der Waals surface area contributed by atoms with E-state index in [9.17, 15) is 17.2 Å². The number of hydrogen-bond donors (Lipinski definition) is 0. The molecule has 1 unspecified atom stereocenters. The van der Waals surface area contributed by atoms with Gasteiger partial charge in [-0.1, -0.05) is 35.9 Å². The van der Waals surface area contributed by atoms with Crippen LogP contribution in [0, 0.1) is 0 Å². The van der Waals surface area contributed by atoms with Gasteiger partial charge in [-0.3, -0.25) is 4.90 Å². The topological polar surface area (TPSA) is 68.3 Å². The van der Waals surface area contributed by atoms with E-state index < -0.39 is 16.6 Å². The van der Waals surface area contributed by atoms with Gasteiger partial charge in [-0.15, -0.1) is 0 Å². The molecule has 7 nitrogen and oxygen atoms in total. The van der Waals surface area contributed by atoms with Crippen LogP contribution in [-0.2, 0) is 21.4 Å². The number of benzene rings is 3. The summed E-state index contributed by atoms with van der Waals surface area (Å²) < 4.78 is 68.4. The number of methoxy groups -OCH3 is 1. The zero-order valence-corrected chi connectivity index (χ0v) is 22.4. The third kappa shape index (κ3) is 7.42. The summed E-state index contributed by atoms with van der Waals surface area (Å²) in [5, 5.41) is 0.637. The van der Waals surface area contributed by atoms with Crippen molar-refractivity contribution in [3.8, 4) is 11.5 Å². The van der Waals surface area contributed by atoms with Gasteiger partial charge in [0.1, 0.15) is 11.5 Å². The molecule has 1 heterocycles. The highest BCUT2D eigenvalue weighted by molar-refractivity contribution is 7.89. The molecule has 0 amide bonds. The second-order valence-electron chi connectivity index (χ2n) is 8.76. The minimum absolute atomic E-state index is 0.0340. The number of alkyl halides is 2. The van der Waals surface area contributed by atoms with Crippen LogP contribution >= 0.6 is 11.6 Å². The van der Waals surface area contributed by atoms with E-state index in [1.165, 1.54) is 28.6 Å². The highest BCUT2D eigenvalue weighted by atomic mass is 35.5. The minimum atomic E-state index is -3.77. The normalized spacial score (nSPS) is 15.9. The monoisotopic (exact) mass is 566 g/mol. The van der Waals surface area contributed by atoms with Crippen molar-refractivity contribution in [1.29, 1.82) is 0 Å². The van der Waals surface area contributed by atoms with Gasteiger partial charge in [0.05, 0.1) is 24.7 Å². The molecular weight excluding hydrogens is 538 g/mol. The van der Waals surface area contributed by atoms with Crippen molar-refractivity contribution in [3.05, 3.63) is 88.9 Å². The number of rotatable bonds is 11. The molecular formula is C27H29ClF2N2O5S. The lowest BCUT2D eigenvalue weighted by Crippen LogP contribution is -2.49. The molecule has 0 N–H and O–H groups in total. The first kappa shape index (κ1) is 28.3. The summed E-state index contributed by atoms with van der Waals surface area (Å²) in [5.41, 5.74) is 1.90. The zero-order valence-electron chi connectivity index (χ0n) is 20.8. The van der Waals surface area contributed by atoms with Crippen LogP contribution in [0.5, 0.6) is 11.5 Å². The molecule has 11 heteroatoms. The number of sulfonamides is 1. The van der Waals surface area contributed by atoms with Crippen LogP contribution in [0.1, 0.15) is 17.2 Å². The fourth-order valence-corrected chi connectivity index (χ4v) is 5.88. The molecule has 3 aromatic carbocycles. The molecule has 38 heavy (non-hydrogen) atoms. The predicted molar refractivity (Wildman–Crippen MR) is 140 cm³/mol. The second-order valence-corrected chi connectivity index (χ2v) is 11.1. The molecule has 3 aromatic rings. The van der Waals surface area contributed by atoms with E-state index >= 15 is 0 Å². The Bertz CT molecular complexity index is 1300. The first-order valence-corrected chi connectivity index (χ1v) is 13.8. The van der Waals surface area contributed by atoms with Crippen LogP contribution in [0.15, 0.2) is 77.7 Å². The van der Waals surface area contributed by atoms with Crippen molar-refractivity contribution >= 4 is 21.6 Å². The lowest BCUT2D eigenvalue weighted by atomic mass is 10.1. The van der Waals surface area contributed by atoms with Gasteiger partial charge >= 0.3 is 6.61 Å². The van der Waals surface area contributed by atoms with Crippen LogP contribution in [0.25, 0.3) is 0 Å². The number of halogens is 3. The Hall–Kier alpha value is -2.76. The van der Waals surface area contributed by atoms with Gasteiger partial charge in [0.2, 0.25) is 10.0 Å². The fourth-order valence-electron chi connectivity index (χ4n) is 4.25. The molecule has 0 radical (unpaired) electrons. The van der Waals surface area contributed by atoms with E-state index in [4.69, 9.17) is 21.1 Å². The third-order valence-corrected chi connectivity index (χ3v) is 8.40. The van der Waals surface area contributed by atoms with Gasteiger partial charge in [0, 0.05) is 37.7 Å². The summed E-state index contributed by atoms with van der Waals surface area (Å²) in [4.78, 5) is 2.19. The largest absolute Gasteiger partial charge is 0.497 e. The summed E-state index contributed by atoms with van der Waals surface area (Å²) in [5.74, 6) is 0.630. The van der Waals surface area contributed by atoms with Crippen molar-refractivity contribution in [1.82, 2.24) is 9.21 Å². The number of piperazine rings is 1. The molecule has 1 saturated heterocycles. The van der Waals surface area contributed by atoms with E-state index in [2.05, 4.69) is 9.64 Å². The van der Waals surface area contributed by atoms with E-state index in [1.807, 2.05) is 48.5 Å². The molecule has 0 aromatic heterocycles. The van der Waals surface area contributed by atoms with Gasteiger partial charge in [-0.25, -0.2) is 8.42 Å². The Morgan fingerprint density at radius 1 is 0.921 bits per heavy atom. The minimum Gasteiger partial charge on any atom is -0.497 e. The molecule has 0 spiro atoms. The summed E-state index contributed by atoms with van der Waals surface area (Å²) in [6.45, 7) is -0.461. The first-order chi connectivity index (χ1) is 18.2. The van der Waals surface area contributed by atoms with E-state index in [1.54, 1.807) is 7.11 Å². The Kier molecular flexibility index (Phi) is 9.56. The molecule has 1 fully saturated rings. The van der Waals surface area contributed by atoms with Crippen LogP contribution < -0.4 is 9.47 Å². The standard InChI is InChI=1S/C27H29ClF2N2O5S/c1-35-24-7-3-5-21(17-24)26(36-19-20-4-2-6-22(28)16-20)18-31-12-14-32(15-13-31)38(33,34)25-10-8-23(9-11-25)37-27(29)30/h2-11,16-17,26-27H,12-15,18-19H2,1H3. The van der Waals surface area contributed by atoms with Gasteiger partial charge < -0.3 is 14.2 Å². The molecule has 0 aliphatic carbocycles. The molecule has 1 aliphatic heterocycles. The lowest BCUT2D eigenvalue weighted by molar-refractivity contribution is -0.0498. The predicted octanol–water partition coefficient (Wildman–Crippen LogP) is 5.21. The molecule has 0 saturated carbocycles. The molecule has 4 rings (SSSR count). The van der Waals surface area contributed by atoms with Crippen molar-refractivity contribution < 1.29 is 31.4 Å². The summed E-state index contributed by atoms with van der Waals surface area (Å²) >= 11 is 6.12. The van der Waals surface area contributed by atoms with Crippen LogP contribution in [0.4, 0.5) is 8.78 Å². The van der Waals surface area contributed by atoms with Crippen LogP contribution in [0.3, 0.4) is 0 Å². The second kappa shape index (κ2) is 12.9. The average Bonchev–Trinajstić information content (AvgIpc) is 2.91.